The van der Waals surface area contributed by atoms with Gasteiger partial charge in [0.25, 0.3) is 0 Å². The summed E-state index contributed by atoms with van der Waals surface area (Å²) in [6.07, 6.45) is 8.11. The third-order valence-corrected chi connectivity index (χ3v) is 9.71. The maximum absolute atomic E-state index is 12.3. The molecule has 2 aliphatic rings. The number of nitrogens with one attached hydrogen (secondary N) is 2. The molecule has 11 nitrogen and oxygen atoms in total. The van der Waals surface area contributed by atoms with E-state index in [9.17, 15) is 14.7 Å². The van der Waals surface area contributed by atoms with Crippen molar-refractivity contribution in [1.29, 1.82) is 0 Å². The van der Waals surface area contributed by atoms with Crippen LogP contribution < -0.4 is 20.3 Å². The molecule has 1 aliphatic carbocycles. The minimum atomic E-state index is -0.720. The number of aromatic nitrogens is 2. The number of rotatable bonds is 15. The minimum absolute atomic E-state index is 0.127. The molecule has 2 aromatic carbocycles. The van der Waals surface area contributed by atoms with Crippen LogP contribution in [0.2, 0.25) is 0 Å². The van der Waals surface area contributed by atoms with Crippen molar-refractivity contribution < 1.29 is 29.3 Å². The smallest absolute Gasteiger partial charge is 0.408 e. The fraction of sp³-hybridized carbons (Fsp3) is 0.514. The number of ether oxygens (including phenoxy) is 2. The van der Waals surface area contributed by atoms with Crippen LogP contribution in [0.4, 0.5) is 16.3 Å². The number of alkyl carbamates (subject to hydrolysis) is 1. The molecule has 1 aromatic heterocycles. The SMILES string of the molecule is CC1(NC(=O)OC(C)(C)C)CCN(c2cnc(Sc3cccc(NC(O)CCCCCOc4ccc(C5CC5C(=O)O)cc4)c3)cn2)CC1. The van der Waals surface area contributed by atoms with E-state index in [0.717, 1.165) is 77.9 Å². The Hall–Kier alpha value is -4.03. The van der Waals surface area contributed by atoms with Gasteiger partial charge >= 0.3 is 12.1 Å². The number of piperidine rings is 1. The fourth-order valence-corrected chi connectivity index (χ4v) is 6.70. The highest BCUT2D eigenvalue weighted by Gasteiger charge is 2.44. The Bertz CT molecular complexity index is 1540. The predicted molar refractivity (Wildman–Crippen MR) is 190 cm³/mol. The van der Waals surface area contributed by atoms with Crippen molar-refractivity contribution >= 4 is 35.3 Å². The Balaban J connectivity index is 0.979. The van der Waals surface area contributed by atoms with Gasteiger partial charge < -0.3 is 35.2 Å². The number of aliphatic hydroxyl groups excluding tert-OH is 1. The van der Waals surface area contributed by atoms with Crippen molar-refractivity contribution in [2.24, 2.45) is 5.92 Å². The zero-order valence-electron chi connectivity index (χ0n) is 28.9. The van der Waals surface area contributed by atoms with Gasteiger partial charge in [0, 0.05) is 29.2 Å². The van der Waals surface area contributed by atoms with E-state index in [1.54, 1.807) is 12.4 Å². The van der Waals surface area contributed by atoms with Crippen molar-refractivity contribution in [3.05, 3.63) is 66.5 Å². The molecule has 1 amide bonds. The number of carboxylic acids is 1. The van der Waals surface area contributed by atoms with Gasteiger partial charge in [-0.15, -0.1) is 0 Å². The number of nitrogens with zero attached hydrogens (tertiary/aromatic N) is 3. The van der Waals surface area contributed by atoms with Crippen LogP contribution in [0.25, 0.3) is 0 Å². The molecule has 2 fully saturated rings. The minimum Gasteiger partial charge on any atom is -0.494 e. The summed E-state index contributed by atoms with van der Waals surface area (Å²) in [4.78, 5) is 35.9. The number of carbonyl (C=O) groups excluding carboxylic acids is 1. The Kier molecular flexibility index (Phi) is 11.9. The van der Waals surface area contributed by atoms with E-state index in [2.05, 4.69) is 32.4 Å². The van der Waals surface area contributed by atoms with E-state index in [-0.39, 0.29) is 23.5 Å². The van der Waals surface area contributed by atoms with E-state index in [1.165, 1.54) is 11.8 Å². The van der Waals surface area contributed by atoms with Crippen LogP contribution in [-0.2, 0) is 9.53 Å². The van der Waals surface area contributed by atoms with Crippen LogP contribution in [0.5, 0.6) is 5.75 Å². The van der Waals surface area contributed by atoms with Gasteiger partial charge in [0.1, 0.15) is 28.4 Å². The second-order valence-corrected chi connectivity index (χ2v) is 15.3. The molecular formula is C37H49N5O6S. The summed E-state index contributed by atoms with van der Waals surface area (Å²) in [5.41, 5.74) is 1.04. The third kappa shape index (κ3) is 11.3. The molecular weight excluding hydrogens is 643 g/mol. The number of unbranched alkanes of at least 4 members (excludes halogenated alkanes) is 2. The highest BCUT2D eigenvalue weighted by atomic mass is 32.2. The van der Waals surface area contributed by atoms with E-state index in [4.69, 9.17) is 14.6 Å². The summed E-state index contributed by atoms with van der Waals surface area (Å²) >= 11 is 1.51. The lowest BCUT2D eigenvalue weighted by molar-refractivity contribution is -0.138. The maximum Gasteiger partial charge on any atom is 0.408 e. The molecule has 4 N–H and O–H groups in total. The zero-order chi connectivity index (χ0) is 35.0. The van der Waals surface area contributed by atoms with Gasteiger partial charge in [-0.2, -0.15) is 0 Å². The number of hydrogen-bond acceptors (Lipinski definition) is 10. The highest BCUT2D eigenvalue weighted by Crippen LogP contribution is 2.47. The van der Waals surface area contributed by atoms with Crippen molar-refractivity contribution in [3.8, 4) is 5.75 Å². The topological polar surface area (TPSA) is 146 Å². The highest BCUT2D eigenvalue weighted by molar-refractivity contribution is 7.99. The molecule has 3 atom stereocenters. The summed E-state index contributed by atoms with van der Waals surface area (Å²) in [5, 5.41) is 26.7. The Morgan fingerprint density at radius 3 is 2.47 bits per heavy atom. The second kappa shape index (κ2) is 16.1. The molecule has 49 heavy (non-hydrogen) atoms. The van der Waals surface area contributed by atoms with Crippen molar-refractivity contribution in [3.63, 3.8) is 0 Å². The molecule has 3 unspecified atom stereocenters. The first kappa shape index (κ1) is 36.3. The molecule has 0 radical (unpaired) electrons. The van der Waals surface area contributed by atoms with Crippen LogP contribution in [-0.4, -0.2) is 69.3 Å². The molecule has 12 heteroatoms. The van der Waals surface area contributed by atoms with E-state index in [0.29, 0.717) is 19.4 Å². The summed E-state index contributed by atoms with van der Waals surface area (Å²) < 4.78 is 11.3. The van der Waals surface area contributed by atoms with Crippen LogP contribution in [0, 0.1) is 5.92 Å². The van der Waals surface area contributed by atoms with Gasteiger partial charge in [0.05, 0.1) is 24.9 Å². The largest absolute Gasteiger partial charge is 0.494 e. The number of carboxylic acid groups (broad SMARTS) is 1. The quantitative estimate of drug-likeness (QED) is 0.0959. The second-order valence-electron chi connectivity index (χ2n) is 14.2. The first-order valence-corrected chi connectivity index (χ1v) is 17.9. The summed E-state index contributed by atoms with van der Waals surface area (Å²) in [6.45, 7) is 9.74. The molecule has 0 bridgehead atoms. The average Bonchev–Trinajstić information content (AvgIpc) is 3.85. The first-order chi connectivity index (χ1) is 23.4. The van der Waals surface area contributed by atoms with Gasteiger partial charge in [-0.1, -0.05) is 30.0 Å². The number of hydrogen-bond donors (Lipinski definition) is 4. The average molecular weight is 692 g/mol. The van der Waals surface area contributed by atoms with Crippen LogP contribution in [0.1, 0.15) is 84.1 Å². The molecule has 3 aromatic rings. The standard InChI is InChI=1S/C37H49N5O6S/c1-36(2,3)48-35(46)41-37(4)16-18-42(19-17-37)31-23-39-33(24-38-31)49-28-10-8-9-26(21-28)40-32(43)11-6-5-7-20-47-27-14-12-25(13-15-27)29-22-30(29)34(44)45/h8-10,12-15,21,23-24,29-30,32,40,43H,5-7,11,16-20,22H2,1-4H3,(H,41,46)(H,44,45). The summed E-state index contributed by atoms with van der Waals surface area (Å²) in [7, 11) is 0. The Morgan fingerprint density at radius 1 is 1.06 bits per heavy atom. The molecule has 0 spiro atoms. The number of carbonyl (C=O) groups is 2. The lowest BCUT2D eigenvalue weighted by Gasteiger charge is -2.40. The number of aliphatic hydroxyl groups is 1. The molecule has 5 rings (SSSR count). The van der Waals surface area contributed by atoms with Crippen molar-refractivity contribution in [2.45, 2.75) is 106 Å². The van der Waals surface area contributed by atoms with E-state index < -0.39 is 17.8 Å². The van der Waals surface area contributed by atoms with Gasteiger partial charge in [-0.05, 0) is 114 Å². The maximum atomic E-state index is 12.3. The third-order valence-electron chi connectivity index (χ3n) is 8.80. The summed E-state index contributed by atoms with van der Waals surface area (Å²) in [5.74, 6) is 0.763. The van der Waals surface area contributed by atoms with Crippen LogP contribution in [0.15, 0.2) is 70.8 Å². The fourth-order valence-electron chi connectivity index (χ4n) is 5.92. The van der Waals surface area contributed by atoms with Gasteiger partial charge in [0.15, 0.2) is 0 Å². The first-order valence-electron chi connectivity index (χ1n) is 17.1. The monoisotopic (exact) mass is 691 g/mol. The lowest BCUT2D eigenvalue weighted by Crippen LogP contribution is -2.54. The van der Waals surface area contributed by atoms with Crippen LogP contribution >= 0.6 is 11.8 Å². The predicted octanol–water partition coefficient (Wildman–Crippen LogP) is 7.07. The molecule has 1 aliphatic heterocycles. The lowest BCUT2D eigenvalue weighted by atomic mass is 9.90. The summed E-state index contributed by atoms with van der Waals surface area (Å²) in [6, 6.07) is 15.6. The number of aliphatic carboxylic acids is 1. The normalized spacial score (nSPS) is 19.1. The van der Waals surface area contributed by atoms with Crippen molar-refractivity contribution in [2.75, 3.05) is 29.9 Å². The van der Waals surface area contributed by atoms with Crippen LogP contribution in [0.3, 0.4) is 0 Å². The number of benzene rings is 2. The van der Waals surface area contributed by atoms with Gasteiger partial charge in [-0.25, -0.2) is 14.8 Å². The molecule has 1 saturated carbocycles. The molecule has 2 heterocycles. The van der Waals surface area contributed by atoms with Crippen molar-refractivity contribution in [1.82, 2.24) is 15.3 Å². The number of anilines is 2. The zero-order valence-corrected chi connectivity index (χ0v) is 29.7. The number of amides is 1. The Morgan fingerprint density at radius 2 is 1.82 bits per heavy atom. The van der Waals surface area contributed by atoms with Gasteiger partial charge in [-0.3, -0.25) is 4.79 Å². The molecule has 1 saturated heterocycles. The van der Waals surface area contributed by atoms with E-state index in [1.807, 2.05) is 69.3 Å². The Labute approximate surface area is 293 Å². The molecule has 264 valence electrons. The van der Waals surface area contributed by atoms with Gasteiger partial charge in [0.2, 0.25) is 0 Å². The van der Waals surface area contributed by atoms with E-state index >= 15 is 0 Å².